The summed E-state index contributed by atoms with van der Waals surface area (Å²) in [5.74, 6) is 1.81. The van der Waals surface area contributed by atoms with Gasteiger partial charge < -0.3 is 4.57 Å². The molecule has 0 atom stereocenters. The molecule has 25 heavy (non-hydrogen) atoms. The lowest BCUT2D eigenvalue weighted by Gasteiger charge is -2.56. The second-order valence-corrected chi connectivity index (χ2v) is 8.46. The number of hydrogen-bond acceptors (Lipinski definition) is 3. The molecule has 1 heterocycles. The van der Waals surface area contributed by atoms with Gasteiger partial charge in [-0.2, -0.15) is 0 Å². The zero-order valence-electron chi connectivity index (χ0n) is 14.6. The van der Waals surface area contributed by atoms with Crippen molar-refractivity contribution in [2.75, 3.05) is 0 Å². The zero-order valence-corrected chi connectivity index (χ0v) is 14.6. The molecular weight excluding hydrogens is 318 g/mol. The smallest absolute Gasteiger partial charge is 0.269 e. The van der Waals surface area contributed by atoms with E-state index in [1.54, 1.807) is 13.1 Å². The molecule has 4 saturated carbocycles. The molecule has 2 N–H and O–H groups in total. The summed E-state index contributed by atoms with van der Waals surface area (Å²) in [5, 5.41) is 0. The highest BCUT2D eigenvalue weighted by Crippen LogP contribution is 2.61. The van der Waals surface area contributed by atoms with Gasteiger partial charge in [0.25, 0.3) is 11.5 Å². The molecule has 134 valence electrons. The molecule has 2 amide bonds. The minimum atomic E-state index is -0.462. The number of hydrazine groups is 1. The van der Waals surface area contributed by atoms with Gasteiger partial charge in [0.1, 0.15) is 0 Å². The van der Waals surface area contributed by atoms with Crippen LogP contribution in [0.1, 0.15) is 55.3 Å². The predicted molar refractivity (Wildman–Crippen MR) is 92.5 cm³/mol. The van der Waals surface area contributed by atoms with E-state index >= 15 is 0 Å². The lowest BCUT2D eigenvalue weighted by molar-refractivity contribution is -0.130. The van der Waals surface area contributed by atoms with Crippen molar-refractivity contribution in [3.05, 3.63) is 34.2 Å². The number of rotatable bonds is 3. The first-order valence-electron chi connectivity index (χ1n) is 9.18. The Hall–Kier alpha value is -2.11. The quantitative estimate of drug-likeness (QED) is 0.821. The molecule has 4 aliphatic rings. The fourth-order valence-electron chi connectivity index (χ4n) is 5.78. The summed E-state index contributed by atoms with van der Waals surface area (Å²) in [7, 11) is 1.62. The highest BCUT2D eigenvalue weighted by Gasteiger charge is 2.51. The van der Waals surface area contributed by atoms with E-state index in [-0.39, 0.29) is 22.4 Å². The number of pyridine rings is 1. The van der Waals surface area contributed by atoms with E-state index in [2.05, 4.69) is 10.9 Å². The van der Waals surface area contributed by atoms with Crippen LogP contribution in [-0.4, -0.2) is 16.4 Å². The van der Waals surface area contributed by atoms with Crippen LogP contribution < -0.4 is 16.4 Å². The van der Waals surface area contributed by atoms with Gasteiger partial charge in [-0.05, 0) is 67.8 Å². The number of nitrogens with one attached hydrogen (secondary N) is 2. The van der Waals surface area contributed by atoms with E-state index in [0.29, 0.717) is 6.42 Å². The number of aromatic nitrogens is 1. The van der Waals surface area contributed by atoms with Crippen molar-refractivity contribution in [2.45, 2.75) is 44.9 Å². The molecule has 4 fully saturated rings. The molecule has 5 rings (SSSR count). The van der Waals surface area contributed by atoms with Crippen LogP contribution in [0.25, 0.3) is 0 Å². The van der Waals surface area contributed by atoms with Crippen LogP contribution in [0.15, 0.2) is 23.1 Å². The molecule has 0 spiro atoms. The van der Waals surface area contributed by atoms with Gasteiger partial charge in [0.05, 0.1) is 0 Å². The van der Waals surface area contributed by atoms with E-state index in [1.165, 1.54) is 36.1 Å². The first-order valence-corrected chi connectivity index (χ1v) is 9.18. The average molecular weight is 343 g/mol. The fraction of sp³-hybridized carbons (Fsp3) is 0.632. The van der Waals surface area contributed by atoms with Crippen LogP contribution in [0.2, 0.25) is 0 Å². The van der Waals surface area contributed by atoms with Gasteiger partial charge in [-0.25, -0.2) is 0 Å². The van der Waals surface area contributed by atoms with Gasteiger partial charge in [-0.1, -0.05) is 0 Å². The van der Waals surface area contributed by atoms with Gasteiger partial charge in [0.2, 0.25) is 5.91 Å². The van der Waals surface area contributed by atoms with Crippen molar-refractivity contribution in [1.82, 2.24) is 15.4 Å². The van der Waals surface area contributed by atoms with Crippen molar-refractivity contribution >= 4 is 11.8 Å². The number of carbonyl (C=O) groups excluding carboxylic acids is 2. The maximum Gasteiger partial charge on any atom is 0.269 e. The van der Waals surface area contributed by atoms with Gasteiger partial charge in [-0.3, -0.25) is 25.2 Å². The highest BCUT2D eigenvalue weighted by atomic mass is 16.2. The number of hydrogen-bond donors (Lipinski definition) is 2. The van der Waals surface area contributed by atoms with Crippen LogP contribution in [-0.2, 0) is 11.8 Å². The van der Waals surface area contributed by atoms with Gasteiger partial charge in [-0.15, -0.1) is 0 Å². The normalized spacial score (nSPS) is 32.4. The summed E-state index contributed by atoms with van der Waals surface area (Å²) < 4.78 is 1.39. The molecule has 0 aliphatic heterocycles. The maximum atomic E-state index is 12.4. The molecule has 0 saturated heterocycles. The number of amides is 2. The Kier molecular flexibility index (Phi) is 3.93. The Morgan fingerprint density at radius 1 is 1.12 bits per heavy atom. The zero-order chi connectivity index (χ0) is 17.6. The van der Waals surface area contributed by atoms with E-state index in [9.17, 15) is 14.4 Å². The van der Waals surface area contributed by atoms with Gasteiger partial charge in [0.15, 0.2) is 0 Å². The molecule has 0 unspecified atom stereocenters. The molecule has 6 nitrogen and oxygen atoms in total. The number of aryl methyl sites for hydroxylation is 1. The fourth-order valence-corrected chi connectivity index (χ4v) is 5.78. The maximum absolute atomic E-state index is 12.4. The van der Waals surface area contributed by atoms with Gasteiger partial charge >= 0.3 is 0 Å². The van der Waals surface area contributed by atoms with Crippen LogP contribution in [0, 0.1) is 23.2 Å². The Morgan fingerprint density at radius 3 is 2.28 bits per heavy atom. The lowest BCUT2D eigenvalue weighted by Crippen LogP contribution is -2.50. The summed E-state index contributed by atoms with van der Waals surface area (Å²) in [6, 6.07) is 2.82. The molecule has 0 aromatic carbocycles. The van der Waals surface area contributed by atoms with Crippen LogP contribution in [0.5, 0.6) is 0 Å². The average Bonchev–Trinajstić information content (AvgIpc) is 2.53. The molecule has 6 heteroatoms. The second-order valence-electron chi connectivity index (χ2n) is 8.46. The van der Waals surface area contributed by atoms with Crippen molar-refractivity contribution in [3.63, 3.8) is 0 Å². The third kappa shape index (κ3) is 3.22. The largest absolute Gasteiger partial charge is 0.319 e. The minimum Gasteiger partial charge on any atom is -0.319 e. The lowest BCUT2D eigenvalue weighted by atomic mass is 9.49. The molecular formula is C19H25N3O3. The van der Waals surface area contributed by atoms with Crippen LogP contribution >= 0.6 is 0 Å². The van der Waals surface area contributed by atoms with Gasteiger partial charge in [0, 0.05) is 31.3 Å². The third-order valence-electron chi connectivity index (χ3n) is 6.38. The molecule has 0 radical (unpaired) electrons. The first kappa shape index (κ1) is 16.4. The summed E-state index contributed by atoms with van der Waals surface area (Å²) in [6.45, 7) is 0. The van der Waals surface area contributed by atoms with Crippen molar-refractivity contribution in [2.24, 2.45) is 30.2 Å². The molecule has 4 aliphatic carbocycles. The van der Waals surface area contributed by atoms with Crippen molar-refractivity contribution in [1.29, 1.82) is 0 Å². The molecule has 1 aromatic heterocycles. The Morgan fingerprint density at radius 2 is 1.72 bits per heavy atom. The van der Waals surface area contributed by atoms with E-state index in [4.69, 9.17) is 0 Å². The Balaban J connectivity index is 1.34. The summed E-state index contributed by atoms with van der Waals surface area (Å²) >= 11 is 0. The second kappa shape index (κ2) is 6.00. The predicted octanol–water partition coefficient (Wildman–Crippen LogP) is 1.75. The summed E-state index contributed by atoms with van der Waals surface area (Å²) in [6.07, 6.45) is 9.56. The molecule has 4 bridgehead atoms. The first-order chi connectivity index (χ1) is 11.9. The minimum absolute atomic E-state index is 0.126. The Bertz CT molecular complexity index is 732. The van der Waals surface area contributed by atoms with E-state index < -0.39 is 5.91 Å². The van der Waals surface area contributed by atoms with Crippen molar-refractivity contribution in [3.8, 4) is 0 Å². The summed E-state index contributed by atoms with van der Waals surface area (Å²) in [5.41, 5.74) is 5.12. The monoisotopic (exact) mass is 343 g/mol. The summed E-state index contributed by atoms with van der Waals surface area (Å²) in [4.78, 5) is 36.1. The number of nitrogens with zero attached hydrogens (tertiary/aromatic N) is 1. The SMILES string of the molecule is Cn1ccc(C(=O)NNC(=O)CC23CC4CC(CC(C4)C2)C3)cc1=O. The van der Waals surface area contributed by atoms with E-state index in [1.807, 2.05) is 0 Å². The number of carbonyl (C=O) groups is 2. The van der Waals surface area contributed by atoms with Crippen LogP contribution in [0.4, 0.5) is 0 Å². The third-order valence-corrected chi connectivity index (χ3v) is 6.38. The Labute approximate surface area is 147 Å². The van der Waals surface area contributed by atoms with Crippen LogP contribution in [0.3, 0.4) is 0 Å². The topological polar surface area (TPSA) is 80.2 Å². The molecule has 1 aromatic rings. The van der Waals surface area contributed by atoms with E-state index in [0.717, 1.165) is 37.0 Å². The standard InChI is InChI=1S/C19H25N3O3/c1-22-3-2-15(7-17(22)24)18(25)21-20-16(23)11-19-8-12-4-13(9-19)6-14(5-12)10-19/h2-3,7,12-14H,4-6,8-11H2,1H3,(H,20,23)(H,21,25). The highest BCUT2D eigenvalue weighted by molar-refractivity contribution is 5.95. The van der Waals surface area contributed by atoms with Crippen molar-refractivity contribution < 1.29 is 9.59 Å².